The molecular formula is C24H18ClFN2O3. The Morgan fingerprint density at radius 3 is 2.39 bits per heavy atom. The number of amides is 3. The number of hydrogen-bond donors (Lipinski definition) is 1. The van der Waals surface area contributed by atoms with E-state index in [0.717, 1.165) is 10.5 Å². The van der Waals surface area contributed by atoms with Gasteiger partial charge in [-0.2, -0.15) is 0 Å². The molecule has 156 valence electrons. The Hall–Kier alpha value is -3.64. The topological polar surface area (TPSA) is 58.6 Å². The summed E-state index contributed by atoms with van der Waals surface area (Å²) in [6, 6.07) is 19.9. The molecule has 0 atom stereocenters. The minimum absolute atomic E-state index is 0.0927. The third kappa shape index (κ3) is 4.59. The molecule has 7 heteroatoms. The Balaban J connectivity index is 1.54. The maximum atomic E-state index is 13.9. The van der Waals surface area contributed by atoms with Crippen LogP contribution < -0.4 is 10.1 Å². The zero-order valence-electron chi connectivity index (χ0n) is 16.3. The summed E-state index contributed by atoms with van der Waals surface area (Å²) in [5, 5.41) is 3.15. The molecule has 0 saturated carbocycles. The molecule has 1 N–H and O–H groups in total. The van der Waals surface area contributed by atoms with Crippen molar-refractivity contribution in [3.05, 3.63) is 106 Å². The summed E-state index contributed by atoms with van der Waals surface area (Å²) in [6.45, 7) is 0.0961. The number of para-hydroxylation sites is 1. The number of ether oxygens (including phenoxy) is 1. The maximum absolute atomic E-state index is 13.9. The van der Waals surface area contributed by atoms with Crippen molar-refractivity contribution in [2.45, 2.75) is 13.2 Å². The summed E-state index contributed by atoms with van der Waals surface area (Å²) in [5.41, 5.74) is 1.80. The summed E-state index contributed by atoms with van der Waals surface area (Å²) < 4.78 is 19.8. The molecule has 1 heterocycles. The molecule has 5 nitrogen and oxygen atoms in total. The number of nitrogens with zero attached hydrogens (tertiary/aromatic N) is 1. The standard InChI is InChI=1S/C24H18ClFN2O3/c25-19-10-4-1-9-18(19)15-31-22-12-6-3-7-16(22)13-21-23(29)28(24(30)27-21)14-17-8-2-5-11-20(17)26/h1-13H,14-15H2,(H,27,30)/b21-13+. The smallest absolute Gasteiger partial charge is 0.329 e. The summed E-state index contributed by atoms with van der Waals surface area (Å²) in [5.74, 6) is -0.475. The highest BCUT2D eigenvalue weighted by molar-refractivity contribution is 6.31. The number of rotatable bonds is 6. The van der Waals surface area contributed by atoms with E-state index in [-0.39, 0.29) is 24.4 Å². The highest BCUT2D eigenvalue weighted by Crippen LogP contribution is 2.25. The predicted octanol–water partition coefficient (Wildman–Crippen LogP) is 5.15. The van der Waals surface area contributed by atoms with Crippen LogP contribution in [0.1, 0.15) is 16.7 Å². The first-order chi connectivity index (χ1) is 15.0. The number of benzene rings is 3. The lowest BCUT2D eigenvalue weighted by Gasteiger charge is -2.12. The van der Waals surface area contributed by atoms with Gasteiger partial charge in [-0.05, 0) is 24.3 Å². The Kier molecular flexibility index (Phi) is 6.00. The van der Waals surface area contributed by atoms with E-state index in [9.17, 15) is 14.0 Å². The zero-order valence-corrected chi connectivity index (χ0v) is 17.1. The van der Waals surface area contributed by atoms with Gasteiger partial charge in [-0.1, -0.05) is 66.2 Å². The first kappa shape index (κ1) is 20.6. The van der Waals surface area contributed by atoms with Crippen LogP contribution in [0.3, 0.4) is 0 Å². The monoisotopic (exact) mass is 436 g/mol. The molecule has 3 aromatic rings. The average Bonchev–Trinajstić information content (AvgIpc) is 3.03. The summed E-state index contributed by atoms with van der Waals surface area (Å²) in [4.78, 5) is 26.1. The molecule has 31 heavy (non-hydrogen) atoms. The van der Waals surface area contributed by atoms with Gasteiger partial charge in [0.05, 0.1) is 6.54 Å². The number of carbonyl (C=O) groups excluding carboxylic acids is 2. The fraction of sp³-hybridized carbons (Fsp3) is 0.0833. The largest absolute Gasteiger partial charge is 0.488 e. The third-order valence-electron chi connectivity index (χ3n) is 4.81. The van der Waals surface area contributed by atoms with Crippen molar-refractivity contribution in [1.82, 2.24) is 10.2 Å². The van der Waals surface area contributed by atoms with E-state index < -0.39 is 17.8 Å². The van der Waals surface area contributed by atoms with E-state index in [1.165, 1.54) is 12.1 Å². The van der Waals surface area contributed by atoms with Gasteiger partial charge in [0.15, 0.2) is 0 Å². The molecule has 1 fully saturated rings. The van der Waals surface area contributed by atoms with Crippen LogP contribution in [0, 0.1) is 5.82 Å². The SMILES string of the molecule is O=C1N/C(=C/c2ccccc2OCc2ccccc2Cl)C(=O)N1Cc1ccccc1F. The van der Waals surface area contributed by atoms with Gasteiger partial charge < -0.3 is 10.1 Å². The molecule has 4 rings (SSSR count). The minimum Gasteiger partial charge on any atom is -0.488 e. The van der Waals surface area contributed by atoms with E-state index >= 15 is 0 Å². The van der Waals surface area contributed by atoms with Gasteiger partial charge in [0.1, 0.15) is 23.9 Å². The van der Waals surface area contributed by atoms with Crippen LogP contribution in [0.4, 0.5) is 9.18 Å². The lowest BCUT2D eigenvalue weighted by atomic mass is 10.1. The van der Waals surface area contributed by atoms with E-state index in [4.69, 9.17) is 16.3 Å². The van der Waals surface area contributed by atoms with E-state index in [2.05, 4.69) is 5.32 Å². The number of carbonyl (C=O) groups is 2. The second-order valence-corrected chi connectivity index (χ2v) is 7.30. The van der Waals surface area contributed by atoms with Crippen molar-refractivity contribution in [3.8, 4) is 5.75 Å². The van der Waals surface area contributed by atoms with Crippen molar-refractivity contribution in [1.29, 1.82) is 0 Å². The quantitative estimate of drug-likeness (QED) is 0.429. The minimum atomic E-state index is -0.603. The van der Waals surface area contributed by atoms with Gasteiger partial charge in [0.25, 0.3) is 5.91 Å². The molecule has 0 bridgehead atoms. The van der Waals surface area contributed by atoms with Crippen molar-refractivity contribution in [2.75, 3.05) is 0 Å². The van der Waals surface area contributed by atoms with Crippen LogP contribution in [-0.4, -0.2) is 16.8 Å². The number of urea groups is 1. The number of nitrogens with one attached hydrogen (secondary N) is 1. The molecular weight excluding hydrogens is 419 g/mol. The zero-order chi connectivity index (χ0) is 21.8. The van der Waals surface area contributed by atoms with Crippen molar-refractivity contribution >= 4 is 29.6 Å². The van der Waals surface area contributed by atoms with Crippen LogP contribution >= 0.6 is 11.6 Å². The molecule has 3 aromatic carbocycles. The second-order valence-electron chi connectivity index (χ2n) is 6.89. The lowest BCUT2D eigenvalue weighted by Crippen LogP contribution is -2.30. The molecule has 1 saturated heterocycles. The van der Waals surface area contributed by atoms with E-state index in [1.807, 2.05) is 24.3 Å². The van der Waals surface area contributed by atoms with Gasteiger partial charge in [0, 0.05) is 21.7 Å². The third-order valence-corrected chi connectivity index (χ3v) is 5.18. The molecule has 0 aliphatic carbocycles. The molecule has 3 amide bonds. The van der Waals surface area contributed by atoms with Gasteiger partial charge in [-0.15, -0.1) is 0 Å². The van der Waals surface area contributed by atoms with Gasteiger partial charge in [-0.3, -0.25) is 9.69 Å². The molecule has 1 aliphatic heterocycles. The van der Waals surface area contributed by atoms with Crippen LogP contribution in [0.25, 0.3) is 6.08 Å². The van der Waals surface area contributed by atoms with E-state index in [1.54, 1.807) is 42.5 Å². The van der Waals surface area contributed by atoms with Crippen LogP contribution in [0.15, 0.2) is 78.5 Å². The highest BCUT2D eigenvalue weighted by Gasteiger charge is 2.34. The number of hydrogen-bond acceptors (Lipinski definition) is 3. The highest BCUT2D eigenvalue weighted by atomic mass is 35.5. The lowest BCUT2D eigenvalue weighted by molar-refractivity contribution is -0.123. The molecule has 0 unspecified atom stereocenters. The number of halogens is 2. The van der Waals surface area contributed by atoms with Crippen LogP contribution in [-0.2, 0) is 17.9 Å². The van der Waals surface area contributed by atoms with Crippen molar-refractivity contribution in [3.63, 3.8) is 0 Å². The van der Waals surface area contributed by atoms with Crippen LogP contribution in [0.5, 0.6) is 5.75 Å². The van der Waals surface area contributed by atoms with Crippen LogP contribution in [0.2, 0.25) is 5.02 Å². The normalized spacial score (nSPS) is 14.8. The Morgan fingerprint density at radius 1 is 0.935 bits per heavy atom. The van der Waals surface area contributed by atoms with Gasteiger partial charge >= 0.3 is 6.03 Å². The average molecular weight is 437 g/mol. The van der Waals surface area contributed by atoms with Crippen molar-refractivity contribution < 1.29 is 18.7 Å². The second kappa shape index (κ2) is 9.02. The first-order valence-electron chi connectivity index (χ1n) is 9.56. The predicted molar refractivity (Wildman–Crippen MR) is 116 cm³/mol. The summed E-state index contributed by atoms with van der Waals surface area (Å²) in [7, 11) is 0. The molecule has 1 aliphatic rings. The van der Waals surface area contributed by atoms with Gasteiger partial charge in [0.2, 0.25) is 0 Å². The maximum Gasteiger partial charge on any atom is 0.329 e. The van der Waals surface area contributed by atoms with Gasteiger partial charge in [-0.25, -0.2) is 9.18 Å². The summed E-state index contributed by atoms with van der Waals surface area (Å²) in [6.07, 6.45) is 1.55. The fourth-order valence-electron chi connectivity index (χ4n) is 3.17. The Morgan fingerprint density at radius 2 is 1.61 bits per heavy atom. The van der Waals surface area contributed by atoms with E-state index in [0.29, 0.717) is 16.3 Å². The summed E-state index contributed by atoms with van der Waals surface area (Å²) >= 11 is 6.18. The molecule has 0 radical (unpaired) electrons. The molecule has 0 spiro atoms. The van der Waals surface area contributed by atoms with Crippen molar-refractivity contribution in [2.24, 2.45) is 0 Å². The Bertz CT molecular complexity index is 1180. The fourth-order valence-corrected chi connectivity index (χ4v) is 3.36. The Labute approximate surface area is 183 Å². The number of imide groups is 1. The molecule has 0 aromatic heterocycles. The first-order valence-corrected chi connectivity index (χ1v) is 9.94.